The molecule has 0 aliphatic carbocycles. The molecule has 0 atom stereocenters. The molecular formula is C28H35BrN4O2. The van der Waals surface area contributed by atoms with Crippen molar-refractivity contribution < 1.29 is 9.59 Å². The van der Waals surface area contributed by atoms with Gasteiger partial charge in [0.1, 0.15) is 12.4 Å². The number of aryl methyl sites for hydroxylation is 1. The lowest BCUT2D eigenvalue weighted by atomic mass is 9.92. The van der Waals surface area contributed by atoms with Gasteiger partial charge in [-0.25, -0.2) is 4.68 Å². The first kappa shape index (κ1) is 26.7. The van der Waals surface area contributed by atoms with Crippen molar-refractivity contribution >= 4 is 33.6 Å². The highest BCUT2D eigenvalue weighted by molar-refractivity contribution is 9.10. The van der Waals surface area contributed by atoms with Crippen LogP contribution in [0.15, 0.2) is 59.1 Å². The molecule has 0 saturated heterocycles. The van der Waals surface area contributed by atoms with Gasteiger partial charge in [-0.3, -0.25) is 9.59 Å². The predicted octanol–water partition coefficient (Wildman–Crippen LogP) is 6.51. The van der Waals surface area contributed by atoms with Gasteiger partial charge in [-0.1, -0.05) is 74.7 Å². The van der Waals surface area contributed by atoms with Gasteiger partial charge >= 0.3 is 0 Å². The predicted molar refractivity (Wildman–Crippen MR) is 145 cm³/mol. The molecular weight excluding hydrogens is 504 g/mol. The molecule has 186 valence electrons. The van der Waals surface area contributed by atoms with E-state index < -0.39 is 0 Å². The number of nitrogens with one attached hydrogen (secondary N) is 1. The smallest absolute Gasteiger partial charge is 0.254 e. The van der Waals surface area contributed by atoms with Crippen molar-refractivity contribution in [3.8, 4) is 5.69 Å². The fraction of sp³-hybridized carbons (Fsp3) is 0.393. The topological polar surface area (TPSA) is 67.2 Å². The van der Waals surface area contributed by atoms with Crippen LogP contribution in [0.1, 0.15) is 68.6 Å². The van der Waals surface area contributed by atoms with Gasteiger partial charge in [-0.05, 0) is 49.2 Å². The molecule has 6 nitrogen and oxygen atoms in total. The molecule has 0 aliphatic heterocycles. The monoisotopic (exact) mass is 538 g/mol. The SMILES string of the molecule is CCCCCN(CC(=O)Nc1cc(C(C)(C)C)nn1-c1ccccc1C)C(=O)c1ccc(Br)cc1. The van der Waals surface area contributed by atoms with Crippen molar-refractivity contribution in [2.45, 2.75) is 59.3 Å². The van der Waals surface area contributed by atoms with E-state index in [9.17, 15) is 9.59 Å². The van der Waals surface area contributed by atoms with E-state index in [4.69, 9.17) is 5.10 Å². The van der Waals surface area contributed by atoms with Crippen molar-refractivity contribution in [1.29, 1.82) is 0 Å². The van der Waals surface area contributed by atoms with Crippen LogP contribution in [0.5, 0.6) is 0 Å². The number of rotatable bonds is 9. The summed E-state index contributed by atoms with van der Waals surface area (Å²) in [7, 11) is 0. The molecule has 0 aliphatic rings. The van der Waals surface area contributed by atoms with Gasteiger partial charge in [0.2, 0.25) is 5.91 Å². The maximum atomic E-state index is 13.2. The largest absolute Gasteiger partial charge is 0.329 e. The van der Waals surface area contributed by atoms with Gasteiger partial charge in [0.15, 0.2) is 0 Å². The molecule has 2 amide bonds. The van der Waals surface area contributed by atoms with E-state index in [1.807, 2.05) is 49.4 Å². The van der Waals surface area contributed by atoms with Crippen LogP contribution < -0.4 is 5.32 Å². The van der Waals surface area contributed by atoms with E-state index in [0.29, 0.717) is 17.9 Å². The summed E-state index contributed by atoms with van der Waals surface area (Å²) in [6.45, 7) is 10.9. The Bertz CT molecular complexity index is 1160. The van der Waals surface area contributed by atoms with E-state index in [1.54, 1.807) is 21.7 Å². The third kappa shape index (κ3) is 7.04. The second-order valence-corrected chi connectivity index (χ2v) is 10.8. The van der Waals surface area contributed by atoms with Crippen LogP contribution in [-0.4, -0.2) is 39.6 Å². The van der Waals surface area contributed by atoms with E-state index in [-0.39, 0.29) is 23.8 Å². The number of carbonyl (C=O) groups excluding carboxylic acids is 2. The van der Waals surface area contributed by atoms with Crippen LogP contribution >= 0.6 is 15.9 Å². The molecule has 0 bridgehead atoms. The highest BCUT2D eigenvalue weighted by atomic mass is 79.9. The highest BCUT2D eigenvalue weighted by Crippen LogP contribution is 2.27. The second-order valence-electron chi connectivity index (χ2n) is 9.85. The van der Waals surface area contributed by atoms with Crippen molar-refractivity contribution in [3.63, 3.8) is 0 Å². The number of halogens is 1. The number of amides is 2. The molecule has 0 fully saturated rings. The van der Waals surface area contributed by atoms with E-state index in [1.165, 1.54) is 0 Å². The average Bonchev–Trinajstić information content (AvgIpc) is 3.23. The average molecular weight is 540 g/mol. The Balaban J connectivity index is 1.86. The Hall–Kier alpha value is -2.93. The van der Waals surface area contributed by atoms with Crippen molar-refractivity contribution in [1.82, 2.24) is 14.7 Å². The Kier molecular flexibility index (Phi) is 8.89. The maximum Gasteiger partial charge on any atom is 0.254 e. The lowest BCUT2D eigenvalue weighted by molar-refractivity contribution is -0.117. The minimum Gasteiger partial charge on any atom is -0.329 e. The number of carbonyl (C=O) groups is 2. The molecule has 0 radical (unpaired) electrons. The summed E-state index contributed by atoms with van der Waals surface area (Å²) in [6.07, 6.45) is 2.89. The number of benzene rings is 2. The lowest BCUT2D eigenvalue weighted by Gasteiger charge is -2.22. The minimum atomic E-state index is -0.248. The Morgan fingerprint density at radius 1 is 1.06 bits per heavy atom. The summed E-state index contributed by atoms with van der Waals surface area (Å²) in [5.41, 5.74) is 3.22. The Morgan fingerprint density at radius 2 is 1.74 bits per heavy atom. The molecule has 0 saturated carbocycles. The number of hydrogen-bond acceptors (Lipinski definition) is 3. The van der Waals surface area contributed by atoms with Crippen molar-refractivity contribution in [3.05, 3.63) is 75.9 Å². The molecule has 0 spiro atoms. The summed E-state index contributed by atoms with van der Waals surface area (Å²) in [5.74, 6) is 0.201. The molecule has 1 N–H and O–H groups in total. The minimum absolute atomic E-state index is 0.0254. The molecule has 35 heavy (non-hydrogen) atoms. The van der Waals surface area contributed by atoms with Gasteiger partial charge < -0.3 is 10.2 Å². The van der Waals surface area contributed by atoms with Crippen molar-refractivity contribution in [2.24, 2.45) is 0 Å². The number of hydrogen-bond donors (Lipinski definition) is 1. The third-order valence-corrected chi connectivity index (χ3v) is 6.36. The van der Waals surface area contributed by atoms with Gasteiger partial charge in [-0.2, -0.15) is 5.10 Å². The quantitative estimate of drug-likeness (QED) is 0.315. The number of nitrogens with zero attached hydrogens (tertiary/aromatic N) is 3. The van der Waals surface area contributed by atoms with E-state index >= 15 is 0 Å². The zero-order chi connectivity index (χ0) is 25.6. The fourth-order valence-corrected chi connectivity index (χ4v) is 4.02. The van der Waals surface area contributed by atoms with Crippen LogP contribution in [0.3, 0.4) is 0 Å². The van der Waals surface area contributed by atoms with Gasteiger partial charge in [-0.15, -0.1) is 0 Å². The third-order valence-electron chi connectivity index (χ3n) is 5.83. The van der Waals surface area contributed by atoms with Gasteiger partial charge in [0.25, 0.3) is 5.91 Å². The van der Waals surface area contributed by atoms with Crippen LogP contribution in [-0.2, 0) is 10.2 Å². The van der Waals surface area contributed by atoms with Gasteiger partial charge in [0, 0.05) is 28.1 Å². The summed E-state index contributed by atoms with van der Waals surface area (Å²) < 4.78 is 2.69. The van der Waals surface area contributed by atoms with Crippen molar-refractivity contribution in [2.75, 3.05) is 18.4 Å². The fourth-order valence-electron chi connectivity index (χ4n) is 3.76. The maximum absolute atomic E-state index is 13.2. The second kappa shape index (κ2) is 11.7. The highest BCUT2D eigenvalue weighted by Gasteiger charge is 2.24. The first-order valence-corrected chi connectivity index (χ1v) is 12.9. The summed E-state index contributed by atoms with van der Waals surface area (Å²) in [6, 6.07) is 17.1. The molecule has 0 unspecified atom stereocenters. The molecule has 2 aromatic carbocycles. The molecule has 3 rings (SSSR count). The Labute approximate surface area is 216 Å². The molecule has 1 aromatic heterocycles. The van der Waals surface area contributed by atoms with Crippen LogP contribution in [0.25, 0.3) is 5.69 Å². The number of aromatic nitrogens is 2. The number of para-hydroxylation sites is 1. The zero-order valence-electron chi connectivity index (χ0n) is 21.3. The lowest BCUT2D eigenvalue weighted by Crippen LogP contribution is -2.39. The zero-order valence-corrected chi connectivity index (χ0v) is 22.9. The Morgan fingerprint density at radius 3 is 2.37 bits per heavy atom. The standard InChI is InChI=1S/C28H35BrN4O2/c1-6-7-10-17-32(27(35)21-13-15-22(29)16-14-21)19-26(34)30-25-18-24(28(3,4)5)31-33(25)23-12-9-8-11-20(23)2/h8-9,11-16,18H,6-7,10,17,19H2,1-5H3,(H,30,34). The van der Waals surface area contributed by atoms with E-state index in [0.717, 1.165) is 40.7 Å². The normalized spacial score (nSPS) is 11.4. The molecule has 1 heterocycles. The summed E-state index contributed by atoms with van der Waals surface area (Å²) in [5, 5.41) is 7.84. The van der Waals surface area contributed by atoms with E-state index in [2.05, 4.69) is 48.9 Å². The van der Waals surface area contributed by atoms with Crippen LogP contribution in [0.4, 0.5) is 5.82 Å². The summed E-state index contributed by atoms with van der Waals surface area (Å²) in [4.78, 5) is 28.1. The van der Waals surface area contributed by atoms with Gasteiger partial charge in [0.05, 0.1) is 11.4 Å². The number of unbranched alkanes of at least 4 members (excludes halogenated alkanes) is 2. The molecule has 3 aromatic rings. The molecule has 7 heteroatoms. The number of anilines is 1. The van der Waals surface area contributed by atoms with Crippen LogP contribution in [0, 0.1) is 6.92 Å². The summed E-state index contributed by atoms with van der Waals surface area (Å²) >= 11 is 3.41. The first-order chi connectivity index (χ1) is 16.6. The first-order valence-electron chi connectivity index (χ1n) is 12.1. The van der Waals surface area contributed by atoms with Crippen LogP contribution in [0.2, 0.25) is 0 Å².